The van der Waals surface area contributed by atoms with Gasteiger partial charge in [0.05, 0.1) is 25.9 Å². The third-order valence-corrected chi connectivity index (χ3v) is 5.25. The molecule has 0 aliphatic heterocycles. The Morgan fingerprint density at radius 3 is 2.46 bits per heavy atom. The second-order valence-electron chi connectivity index (χ2n) is 9.39. The Morgan fingerprint density at radius 2 is 1.94 bits per heavy atom. The number of nitrogens with zero attached hydrogens (tertiary/aromatic N) is 3. The van der Waals surface area contributed by atoms with Crippen LogP contribution in [-0.2, 0) is 19.8 Å². The number of rotatable bonds is 9. The molecule has 1 aromatic rings. The molecule has 0 spiro atoms. The van der Waals surface area contributed by atoms with Crippen LogP contribution in [0.4, 0.5) is 9.59 Å². The molecule has 0 aromatic carbocycles. The number of aliphatic hydroxyl groups excluding tert-OH is 2. The highest BCUT2D eigenvalue weighted by Gasteiger charge is 2.51. The molecule has 0 bridgehead atoms. The summed E-state index contributed by atoms with van der Waals surface area (Å²) in [4.78, 5) is 36.5. The molecule has 0 saturated heterocycles. The van der Waals surface area contributed by atoms with E-state index in [-0.39, 0.29) is 37.0 Å². The summed E-state index contributed by atoms with van der Waals surface area (Å²) >= 11 is 0. The van der Waals surface area contributed by atoms with E-state index in [1.54, 1.807) is 20.8 Å². The highest BCUT2D eigenvalue weighted by Crippen LogP contribution is 2.46. The summed E-state index contributed by atoms with van der Waals surface area (Å²) in [6.07, 6.45) is -1.11. The molecule has 1 aliphatic carbocycles. The Morgan fingerprint density at radius 1 is 1.29 bits per heavy atom. The maximum Gasteiger partial charge on any atom is 0.408 e. The summed E-state index contributed by atoms with van der Waals surface area (Å²) in [6, 6.07) is -1.11. The number of carbonyl (C=O) groups is 3. The molecule has 194 valence electrons. The van der Waals surface area contributed by atoms with Crippen molar-refractivity contribution >= 4 is 18.1 Å². The lowest BCUT2D eigenvalue weighted by Gasteiger charge is -2.44. The molecular formula is C21H32N6O8. The minimum Gasteiger partial charge on any atom is -0.467 e. The van der Waals surface area contributed by atoms with Crippen molar-refractivity contribution in [3.05, 3.63) is 11.8 Å². The van der Waals surface area contributed by atoms with Gasteiger partial charge in [0.1, 0.15) is 17.2 Å². The molecule has 0 radical (unpaired) electrons. The van der Waals surface area contributed by atoms with Gasteiger partial charge in [-0.2, -0.15) is 5.26 Å². The van der Waals surface area contributed by atoms with E-state index in [2.05, 4.69) is 37.0 Å². The van der Waals surface area contributed by atoms with Crippen LogP contribution in [-0.4, -0.2) is 70.0 Å². The van der Waals surface area contributed by atoms with Gasteiger partial charge in [-0.25, -0.2) is 14.4 Å². The number of ether oxygens (including phenoxy) is 2. The molecule has 3 atom stereocenters. The van der Waals surface area contributed by atoms with Crippen LogP contribution in [0.1, 0.15) is 64.8 Å². The summed E-state index contributed by atoms with van der Waals surface area (Å²) in [5, 5.41) is 43.9. The molecular weight excluding hydrogens is 464 g/mol. The molecule has 14 heteroatoms. The molecule has 5 N–H and O–H groups in total. The van der Waals surface area contributed by atoms with Crippen molar-refractivity contribution in [3.63, 3.8) is 0 Å². The van der Waals surface area contributed by atoms with Crippen molar-refractivity contribution in [3.8, 4) is 6.07 Å². The number of carbonyl (C=O) groups excluding carboxylic acids is 3. The standard InChI is InChI=1S/C21H32N6O8/c1-11(29)14(24-19(32)35-20(2,3)4)15-26-27-17(34-15)21(8-12(9-21)6-7-22)25-18(31)23-13(10-28)16(30)33-5/h11-14,28-29H,6,8-10H2,1-5H3,(H,24,32)(H2,23,25,31)/t11-,12-,13+,14+,21-/m1/s1. The molecule has 0 unspecified atom stereocenters. The fourth-order valence-corrected chi connectivity index (χ4v) is 3.64. The van der Waals surface area contributed by atoms with Gasteiger partial charge in [-0.3, -0.25) is 0 Å². The average Bonchev–Trinajstić information content (AvgIpc) is 3.22. The van der Waals surface area contributed by atoms with E-state index in [1.807, 2.05) is 0 Å². The van der Waals surface area contributed by atoms with Crippen LogP contribution in [0.2, 0.25) is 0 Å². The van der Waals surface area contributed by atoms with Crippen LogP contribution in [0.15, 0.2) is 4.42 Å². The van der Waals surface area contributed by atoms with Crippen molar-refractivity contribution in [1.82, 2.24) is 26.1 Å². The highest BCUT2D eigenvalue weighted by atomic mass is 16.6. The number of methoxy groups -OCH3 is 1. The third-order valence-electron chi connectivity index (χ3n) is 5.25. The van der Waals surface area contributed by atoms with Crippen LogP contribution in [0.5, 0.6) is 0 Å². The van der Waals surface area contributed by atoms with E-state index >= 15 is 0 Å². The first kappa shape index (κ1) is 27.8. The summed E-state index contributed by atoms with van der Waals surface area (Å²) in [5.74, 6) is -1.01. The first-order chi connectivity index (χ1) is 16.3. The minimum absolute atomic E-state index is 0.00732. The summed E-state index contributed by atoms with van der Waals surface area (Å²) in [6.45, 7) is 5.80. The maximum atomic E-state index is 12.6. The van der Waals surface area contributed by atoms with Gasteiger partial charge in [0.25, 0.3) is 0 Å². The van der Waals surface area contributed by atoms with Crippen LogP contribution in [0.3, 0.4) is 0 Å². The number of esters is 1. The zero-order valence-electron chi connectivity index (χ0n) is 20.3. The summed E-state index contributed by atoms with van der Waals surface area (Å²) < 4.78 is 15.5. The van der Waals surface area contributed by atoms with Gasteiger partial charge >= 0.3 is 18.1 Å². The van der Waals surface area contributed by atoms with Gasteiger partial charge < -0.3 is 40.1 Å². The minimum atomic E-state index is -1.29. The number of nitriles is 1. The second-order valence-corrected chi connectivity index (χ2v) is 9.39. The van der Waals surface area contributed by atoms with E-state index in [0.717, 1.165) is 7.11 Å². The number of alkyl carbamates (subject to hydrolysis) is 1. The number of hydrogen-bond acceptors (Lipinski definition) is 11. The quantitative estimate of drug-likeness (QED) is 0.295. The second kappa shape index (κ2) is 11.3. The molecule has 1 saturated carbocycles. The highest BCUT2D eigenvalue weighted by molar-refractivity contribution is 5.84. The Labute approximate surface area is 202 Å². The van der Waals surface area contributed by atoms with Gasteiger partial charge in [-0.1, -0.05) is 0 Å². The van der Waals surface area contributed by atoms with Crippen LogP contribution >= 0.6 is 0 Å². The summed E-state index contributed by atoms with van der Waals surface area (Å²) in [7, 11) is 1.12. The Bertz CT molecular complexity index is 944. The Balaban J connectivity index is 2.24. The molecule has 1 aromatic heterocycles. The van der Waals surface area contributed by atoms with Gasteiger partial charge in [-0.15, -0.1) is 10.2 Å². The van der Waals surface area contributed by atoms with Crippen molar-refractivity contribution in [1.29, 1.82) is 5.26 Å². The fourth-order valence-electron chi connectivity index (χ4n) is 3.64. The number of hydrogen-bond donors (Lipinski definition) is 5. The van der Waals surface area contributed by atoms with Crippen molar-refractivity contribution in [2.45, 2.75) is 76.3 Å². The first-order valence-corrected chi connectivity index (χ1v) is 11.0. The topological polar surface area (TPSA) is 209 Å². The van der Waals surface area contributed by atoms with E-state index in [9.17, 15) is 24.6 Å². The van der Waals surface area contributed by atoms with E-state index in [1.165, 1.54) is 6.92 Å². The molecule has 1 fully saturated rings. The molecule has 3 amide bonds. The number of amides is 3. The van der Waals surface area contributed by atoms with Crippen LogP contribution in [0.25, 0.3) is 0 Å². The molecule has 1 aliphatic rings. The van der Waals surface area contributed by atoms with E-state index < -0.39 is 54.0 Å². The van der Waals surface area contributed by atoms with Crippen molar-refractivity contribution in [2.24, 2.45) is 5.92 Å². The fraction of sp³-hybridized carbons (Fsp3) is 0.714. The lowest BCUT2D eigenvalue weighted by molar-refractivity contribution is -0.143. The van der Waals surface area contributed by atoms with E-state index in [0.29, 0.717) is 0 Å². The zero-order chi connectivity index (χ0) is 26.4. The van der Waals surface area contributed by atoms with Crippen LogP contribution < -0.4 is 16.0 Å². The predicted molar refractivity (Wildman–Crippen MR) is 117 cm³/mol. The van der Waals surface area contributed by atoms with Gasteiger partial charge in [-0.05, 0) is 46.5 Å². The number of nitrogens with one attached hydrogen (secondary N) is 3. The molecule has 2 rings (SSSR count). The summed E-state index contributed by atoms with van der Waals surface area (Å²) in [5.41, 5.74) is -1.94. The molecule has 1 heterocycles. The van der Waals surface area contributed by atoms with Crippen LogP contribution in [0, 0.1) is 17.2 Å². The smallest absolute Gasteiger partial charge is 0.408 e. The predicted octanol–water partition coefficient (Wildman–Crippen LogP) is 0.368. The normalized spacial score (nSPS) is 21.9. The first-order valence-electron chi connectivity index (χ1n) is 11.0. The van der Waals surface area contributed by atoms with Gasteiger partial charge in [0.15, 0.2) is 6.04 Å². The average molecular weight is 497 g/mol. The number of aromatic nitrogens is 2. The third kappa shape index (κ3) is 7.27. The molecule has 14 nitrogen and oxygen atoms in total. The number of aliphatic hydroxyl groups is 2. The largest absolute Gasteiger partial charge is 0.467 e. The molecule has 35 heavy (non-hydrogen) atoms. The SMILES string of the molecule is COC(=O)[C@H](CO)NC(=O)N[C@]1(c2nnc([C@@H](NC(=O)OC(C)(C)C)[C@@H](C)O)o2)C[C@@H](CC#N)C1. The number of urea groups is 1. The van der Waals surface area contributed by atoms with Gasteiger partial charge in [0, 0.05) is 6.42 Å². The van der Waals surface area contributed by atoms with Crippen molar-refractivity contribution in [2.75, 3.05) is 13.7 Å². The zero-order valence-corrected chi connectivity index (χ0v) is 20.3. The lowest BCUT2D eigenvalue weighted by Crippen LogP contribution is -2.59. The Hall–Kier alpha value is -3.44. The Kier molecular flexibility index (Phi) is 9.00. The maximum absolute atomic E-state index is 12.6. The van der Waals surface area contributed by atoms with Crippen molar-refractivity contribution < 1.29 is 38.5 Å². The van der Waals surface area contributed by atoms with E-state index in [4.69, 9.17) is 14.4 Å². The lowest BCUT2D eigenvalue weighted by atomic mass is 9.67. The monoisotopic (exact) mass is 496 g/mol. The van der Waals surface area contributed by atoms with Gasteiger partial charge in [0.2, 0.25) is 11.8 Å².